The minimum Gasteiger partial charge on any atom is -0.369 e. The Morgan fingerprint density at radius 2 is 1.88 bits per heavy atom. The van der Waals surface area contributed by atoms with E-state index in [0.717, 1.165) is 58.7 Å². The highest BCUT2D eigenvalue weighted by Gasteiger charge is 2.27. The largest absolute Gasteiger partial charge is 0.369 e. The van der Waals surface area contributed by atoms with Gasteiger partial charge in [0.25, 0.3) is 0 Å². The third-order valence-electron chi connectivity index (χ3n) is 5.59. The third kappa shape index (κ3) is 5.60. The zero-order valence-corrected chi connectivity index (χ0v) is 16.9. The van der Waals surface area contributed by atoms with Gasteiger partial charge >= 0.3 is 0 Å². The second-order valence-corrected chi connectivity index (χ2v) is 7.50. The van der Waals surface area contributed by atoms with Crippen molar-refractivity contribution in [3.63, 3.8) is 0 Å². The van der Waals surface area contributed by atoms with Crippen LogP contribution in [-0.2, 0) is 4.79 Å². The molecule has 3 rings (SSSR count). The smallest absolute Gasteiger partial charge is 0.225 e. The number of hydrogen-bond acceptors (Lipinski definition) is 4. The summed E-state index contributed by atoms with van der Waals surface area (Å²) in [5.74, 6) is 0.535. The van der Waals surface area contributed by atoms with Gasteiger partial charge in [0.15, 0.2) is 0 Å². The Balaban J connectivity index is 0.00000243. The molecule has 0 saturated carbocycles. The number of anilines is 1. The van der Waals surface area contributed by atoms with Crippen LogP contribution in [0.25, 0.3) is 0 Å². The topological polar surface area (TPSA) is 38.8 Å². The second-order valence-electron chi connectivity index (χ2n) is 7.50. The molecule has 0 aromatic heterocycles. The molecule has 0 spiro atoms. The minimum absolute atomic E-state index is 0. The van der Waals surface area contributed by atoms with E-state index in [1.54, 1.807) is 0 Å². The molecule has 2 fully saturated rings. The van der Waals surface area contributed by atoms with Crippen LogP contribution in [0.2, 0.25) is 0 Å². The van der Waals surface area contributed by atoms with E-state index < -0.39 is 0 Å². The first-order valence-corrected chi connectivity index (χ1v) is 9.64. The summed E-state index contributed by atoms with van der Waals surface area (Å²) in [5, 5.41) is 3.42. The molecule has 5 nitrogen and oxygen atoms in total. The molecule has 2 aliphatic rings. The van der Waals surface area contributed by atoms with Crippen LogP contribution in [0.3, 0.4) is 0 Å². The Hall–Kier alpha value is -1.30. The van der Waals surface area contributed by atoms with Gasteiger partial charge in [0.1, 0.15) is 0 Å². The van der Waals surface area contributed by atoms with Gasteiger partial charge in [-0.3, -0.25) is 9.69 Å². The molecule has 1 N–H and O–H groups in total. The highest BCUT2D eigenvalue weighted by molar-refractivity contribution is 5.85. The Kier molecular flexibility index (Phi) is 8.19. The summed E-state index contributed by atoms with van der Waals surface area (Å²) in [7, 11) is 1.97. The van der Waals surface area contributed by atoms with Crippen molar-refractivity contribution in [2.24, 2.45) is 5.92 Å². The van der Waals surface area contributed by atoms with Crippen LogP contribution in [0, 0.1) is 5.92 Å². The Bertz CT molecular complexity index is 548. The fraction of sp³-hybridized carbons (Fsp3) is 0.650. The summed E-state index contributed by atoms with van der Waals surface area (Å²) in [6.07, 6.45) is 1.95. The molecular formula is C20H33ClN4O. The van der Waals surface area contributed by atoms with E-state index in [2.05, 4.69) is 52.4 Å². The Morgan fingerprint density at radius 1 is 1.19 bits per heavy atom. The maximum atomic E-state index is 12.6. The molecule has 146 valence electrons. The van der Waals surface area contributed by atoms with E-state index in [4.69, 9.17) is 0 Å². The molecule has 2 saturated heterocycles. The fourth-order valence-electron chi connectivity index (χ4n) is 3.94. The molecule has 1 amide bonds. The van der Waals surface area contributed by atoms with E-state index in [-0.39, 0.29) is 18.3 Å². The lowest BCUT2D eigenvalue weighted by Gasteiger charge is -2.37. The third-order valence-corrected chi connectivity index (χ3v) is 5.59. The first kappa shape index (κ1) is 21.0. The number of rotatable bonds is 5. The number of halogens is 1. The number of likely N-dealkylation sites (N-methyl/N-ethyl adjacent to an activating group) is 1. The molecule has 26 heavy (non-hydrogen) atoms. The minimum atomic E-state index is 0. The maximum absolute atomic E-state index is 12.6. The van der Waals surface area contributed by atoms with Crippen molar-refractivity contribution in [1.29, 1.82) is 0 Å². The van der Waals surface area contributed by atoms with Crippen LogP contribution in [0.5, 0.6) is 0 Å². The molecule has 0 unspecified atom stereocenters. The normalized spacial score (nSPS) is 24.0. The number of para-hydroxylation sites is 1. The molecular weight excluding hydrogens is 348 g/mol. The molecule has 2 aliphatic heterocycles. The average Bonchev–Trinajstić information content (AvgIpc) is 2.66. The van der Waals surface area contributed by atoms with Crippen LogP contribution in [0.1, 0.15) is 19.8 Å². The molecule has 6 heteroatoms. The van der Waals surface area contributed by atoms with E-state index in [1.165, 1.54) is 5.69 Å². The van der Waals surface area contributed by atoms with E-state index in [0.29, 0.717) is 11.9 Å². The number of benzene rings is 1. The number of nitrogens with zero attached hydrogens (tertiary/aromatic N) is 3. The Morgan fingerprint density at radius 3 is 2.54 bits per heavy atom. The predicted octanol–water partition coefficient (Wildman–Crippen LogP) is 2.08. The number of amides is 1. The molecule has 1 aromatic rings. The number of nitrogens with one attached hydrogen (secondary N) is 1. The van der Waals surface area contributed by atoms with Crippen molar-refractivity contribution >= 4 is 24.0 Å². The fourth-order valence-corrected chi connectivity index (χ4v) is 3.94. The Labute approximate surface area is 164 Å². The molecule has 1 aromatic carbocycles. The van der Waals surface area contributed by atoms with E-state index in [9.17, 15) is 4.79 Å². The summed E-state index contributed by atoms with van der Waals surface area (Å²) < 4.78 is 0. The van der Waals surface area contributed by atoms with E-state index in [1.807, 2.05) is 11.9 Å². The van der Waals surface area contributed by atoms with Crippen molar-refractivity contribution < 1.29 is 4.79 Å². The molecule has 0 aliphatic carbocycles. The summed E-state index contributed by atoms with van der Waals surface area (Å²) >= 11 is 0. The SMILES string of the molecule is C[C@H]1C[C@@H](C(=O)N(C)CCN2CCN(c3ccccc3)CC2)CCN1.Cl. The molecule has 0 radical (unpaired) electrons. The zero-order valence-electron chi connectivity index (χ0n) is 16.1. The first-order valence-electron chi connectivity index (χ1n) is 9.64. The molecule has 2 heterocycles. The number of carbonyl (C=O) groups is 1. The van der Waals surface area contributed by atoms with Gasteiger partial charge in [0, 0.05) is 64.0 Å². The van der Waals surface area contributed by atoms with Gasteiger partial charge in [0.2, 0.25) is 5.91 Å². The number of piperidine rings is 1. The lowest BCUT2D eigenvalue weighted by atomic mass is 9.92. The average molecular weight is 381 g/mol. The van der Waals surface area contributed by atoms with Gasteiger partial charge in [-0.15, -0.1) is 12.4 Å². The van der Waals surface area contributed by atoms with Gasteiger partial charge in [-0.25, -0.2) is 0 Å². The van der Waals surface area contributed by atoms with Crippen LogP contribution in [0.4, 0.5) is 5.69 Å². The number of piperazine rings is 1. The van der Waals surface area contributed by atoms with Gasteiger partial charge in [-0.1, -0.05) is 18.2 Å². The lowest BCUT2D eigenvalue weighted by molar-refractivity contribution is -0.135. The van der Waals surface area contributed by atoms with Gasteiger partial charge in [-0.05, 0) is 38.4 Å². The quantitative estimate of drug-likeness (QED) is 0.848. The summed E-state index contributed by atoms with van der Waals surface area (Å²) in [4.78, 5) is 19.5. The first-order chi connectivity index (χ1) is 12.1. The van der Waals surface area contributed by atoms with E-state index >= 15 is 0 Å². The van der Waals surface area contributed by atoms with Crippen molar-refractivity contribution in [2.75, 3.05) is 57.8 Å². The van der Waals surface area contributed by atoms with Crippen LogP contribution >= 0.6 is 12.4 Å². The number of carbonyl (C=O) groups excluding carboxylic acids is 1. The molecule has 0 bridgehead atoms. The second kappa shape index (κ2) is 10.1. The van der Waals surface area contributed by atoms with Gasteiger partial charge < -0.3 is 15.1 Å². The summed E-state index contributed by atoms with van der Waals surface area (Å²) in [6, 6.07) is 11.1. The standard InChI is InChI=1S/C20H32N4O.ClH/c1-17-16-18(8-9-21-17)20(25)22(2)10-11-23-12-14-24(15-13-23)19-6-4-3-5-7-19;/h3-7,17-18,21H,8-16H2,1-2H3;1H/t17-,18-;/m0./s1. The van der Waals surface area contributed by atoms with Crippen LogP contribution in [-0.4, -0.2) is 74.6 Å². The van der Waals surface area contributed by atoms with Crippen molar-refractivity contribution in [2.45, 2.75) is 25.8 Å². The monoisotopic (exact) mass is 380 g/mol. The molecule has 2 atom stereocenters. The van der Waals surface area contributed by atoms with Gasteiger partial charge in [-0.2, -0.15) is 0 Å². The maximum Gasteiger partial charge on any atom is 0.225 e. The number of hydrogen-bond donors (Lipinski definition) is 1. The van der Waals surface area contributed by atoms with Crippen molar-refractivity contribution in [1.82, 2.24) is 15.1 Å². The highest BCUT2D eigenvalue weighted by Crippen LogP contribution is 2.19. The van der Waals surface area contributed by atoms with Crippen molar-refractivity contribution in [3.05, 3.63) is 30.3 Å². The van der Waals surface area contributed by atoms with Crippen molar-refractivity contribution in [3.8, 4) is 0 Å². The highest BCUT2D eigenvalue weighted by atomic mass is 35.5. The lowest BCUT2D eigenvalue weighted by Crippen LogP contribution is -2.49. The van der Waals surface area contributed by atoms with Crippen LogP contribution in [0.15, 0.2) is 30.3 Å². The summed E-state index contributed by atoms with van der Waals surface area (Å²) in [5.41, 5.74) is 1.31. The predicted molar refractivity (Wildman–Crippen MR) is 110 cm³/mol. The summed E-state index contributed by atoms with van der Waals surface area (Å²) in [6.45, 7) is 9.22. The van der Waals surface area contributed by atoms with Crippen LogP contribution < -0.4 is 10.2 Å². The van der Waals surface area contributed by atoms with Gasteiger partial charge in [0.05, 0.1) is 0 Å². The zero-order chi connectivity index (χ0) is 17.6.